The molecule has 4 heteroatoms. The van der Waals surface area contributed by atoms with E-state index in [9.17, 15) is 9.90 Å². The van der Waals surface area contributed by atoms with Crippen molar-refractivity contribution in [3.63, 3.8) is 0 Å². The number of rotatable bonds is 2. The van der Waals surface area contributed by atoms with E-state index in [-0.39, 0.29) is 11.3 Å². The van der Waals surface area contributed by atoms with E-state index in [2.05, 4.69) is 9.73 Å². The Morgan fingerprint density at radius 2 is 2.00 bits per heavy atom. The lowest BCUT2D eigenvalue weighted by atomic mass is 10.1. The molecular weight excluding hydrogens is 230 g/mol. The highest BCUT2D eigenvalue weighted by molar-refractivity contribution is 6.21. The number of hydrogen-bond acceptors (Lipinski definition) is 4. The zero-order chi connectivity index (χ0) is 13.1. The summed E-state index contributed by atoms with van der Waals surface area (Å²) in [7, 11) is 1.27. The second-order valence-corrected chi connectivity index (χ2v) is 3.85. The van der Waals surface area contributed by atoms with E-state index in [4.69, 9.17) is 0 Å². The van der Waals surface area contributed by atoms with Gasteiger partial charge in [0.05, 0.1) is 12.8 Å². The third-order valence-corrected chi connectivity index (χ3v) is 2.62. The number of hydrogen-bond donors (Lipinski definition) is 1. The van der Waals surface area contributed by atoms with E-state index in [0.717, 1.165) is 5.56 Å². The van der Waals surface area contributed by atoms with E-state index in [1.165, 1.54) is 7.11 Å². The summed E-state index contributed by atoms with van der Waals surface area (Å²) in [5, 5.41) is 9.98. The number of carbonyl (C=O) groups excluding carboxylic acids is 1. The predicted octanol–water partition coefficient (Wildman–Crippen LogP) is 2.49. The van der Waals surface area contributed by atoms with Crippen molar-refractivity contribution >= 4 is 17.8 Å². The number of aliphatic hydroxyl groups excluding tert-OH is 1. The first-order valence-electron chi connectivity index (χ1n) is 5.48. The van der Waals surface area contributed by atoms with Crippen LogP contribution in [-0.2, 0) is 9.53 Å². The second kappa shape index (κ2) is 4.87. The SMILES string of the molecule is COC(=O)C1=C(O)/C(=C\c2ccccc2)N=C1C. The van der Waals surface area contributed by atoms with Crippen LogP contribution in [0.25, 0.3) is 6.08 Å². The van der Waals surface area contributed by atoms with Crippen LogP contribution < -0.4 is 0 Å². The minimum absolute atomic E-state index is 0.125. The van der Waals surface area contributed by atoms with Crippen molar-refractivity contribution in [2.75, 3.05) is 7.11 Å². The molecule has 1 aromatic carbocycles. The highest BCUT2D eigenvalue weighted by Crippen LogP contribution is 2.26. The number of carbonyl (C=O) groups is 1. The Hall–Kier alpha value is -2.36. The standard InChI is InChI=1S/C14H13NO3/c1-9-12(14(17)18-2)13(16)11(15-9)8-10-6-4-3-5-7-10/h3-8,16H,1-2H3/b11-8+. The summed E-state index contributed by atoms with van der Waals surface area (Å²) < 4.78 is 4.61. The zero-order valence-electron chi connectivity index (χ0n) is 10.2. The molecule has 0 atom stereocenters. The van der Waals surface area contributed by atoms with E-state index >= 15 is 0 Å². The Morgan fingerprint density at radius 1 is 1.33 bits per heavy atom. The first-order valence-corrected chi connectivity index (χ1v) is 5.48. The van der Waals surface area contributed by atoms with Gasteiger partial charge in [0.25, 0.3) is 0 Å². The molecule has 4 nitrogen and oxygen atoms in total. The maximum Gasteiger partial charge on any atom is 0.343 e. The third kappa shape index (κ3) is 2.18. The molecule has 1 N–H and O–H groups in total. The molecule has 0 amide bonds. The molecule has 0 fully saturated rings. The van der Waals surface area contributed by atoms with Crippen molar-refractivity contribution < 1.29 is 14.6 Å². The number of aliphatic imine (C=N–C) groups is 1. The number of aliphatic hydroxyl groups is 1. The van der Waals surface area contributed by atoms with E-state index in [1.807, 2.05) is 30.3 Å². The van der Waals surface area contributed by atoms with E-state index in [0.29, 0.717) is 11.4 Å². The Balaban J connectivity index is 2.42. The number of benzene rings is 1. The van der Waals surface area contributed by atoms with Crippen LogP contribution in [-0.4, -0.2) is 23.9 Å². The number of methoxy groups -OCH3 is 1. The fourth-order valence-electron chi connectivity index (χ4n) is 1.74. The molecule has 18 heavy (non-hydrogen) atoms. The summed E-state index contributed by atoms with van der Waals surface area (Å²) in [5.41, 5.74) is 1.86. The van der Waals surface area contributed by atoms with Gasteiger partial charge in [-0.1, -0.05) is 30.3 Å². The summed E-state index contributed by atoms with van der Waals surface area (Å²) in [5.74, 6) is -0.714. The van der Waals surface area contributed by atoms with Crippen LogP contribution in [0.5, 0.6) is 0 Å². The minimum Gasteiger partial charge on any atom is -0.505 e. The van der Waals surface area contributed by atoms with Gasteiger partial charge in [-0.2, -0.15) is 0 Å². The molecule has 0 spiro atoms. The van der Waals surface area contributed by atoms with Crippen molar-refractivity contribution in [3.05, 3.63) is 52.9 Å². The number of esters is 1. The molecule has 92 valence electrons. The number of ether oxygens (including phenoxy) is 1. The summed E-state index contributed by atoms with van der Waals surface area (Å²) in [6.45, 7) is 1.66. The van der Waals surface area contributed by atoms with Gasteiger partial charge in [-0.25, -0.2) is 9.79 Å². The molecule has 0 radical (unpaired) electrons. The van der Waals surface area contributed by atoms with Gasteiger partial charge in [-0.3, -0.25) is 0 Å². The lowest BCUT2D eigenvalue weighted by molar-refractivity contribution is -0.135. The van der Waals surface area contributed by atoms with Crippen LogP contribution in [0, 0.1) is 0 Å². The molecule has 0 unspecified atom stereocenters. The molecule has 2 rings (SSSR count). The van der Waals surface area contributed by atoms with Gasteiger partial charge in [0, 0.05) is 0 Å². The first kappa shape index (κ1) is 12.1. The van der Waals surface area contributed by atoms with Crippen LogP contribution in [0.4, 0.5) is 0 Å². The normalized spacial score (nSPS) is 17.0. The molecule has 0 bridgehead atoms. The van der Waals surface area contributed by atoms with Crippen LogP contribution in [0.1, 0.15) is 12.5 Å². The maximum absolute atomic E-state index is 11.5. The Kier molecular flexibility index (Phi) is 3.28. The topological polar surface area (TPSA) is 58.9 Å². The van der Waals surface area contributed by atoms with Crippen LogP contribution in [0.2, 0.25) is 0 Å². The van der Waals surface area contributed by atoms with E-state index < -0.39 is 5.97 Å². The maximum atomic E-state index is 11.5. The molecule has 0 saturated heterocycles. The van der Waals surface area contributed by atoms with Gasteiger partial charge in [-0.15, -0.1) is 0 Å². The van der Waals surface area contributed by atoms with Crippen LogP contribution >= 0.6 is 0 Å². The van der Waals surface area contributed by atoms with Gasteiger partial charge in [0.1, 0.15) is 11.3 Å². The molecule has 1 aliphatic heterocycles. The lowest BCUT2D eigenvalue weighted by Gasteiger charge is -2.00. The summed E-state index contributed by atoms with van der Waals surface area (Å²) >= 11 is 0. The molecular formula is C14H13NO3. The fourth-order valence-corrected chi connectivity index (χ4v) is 1.74. The van der Waals surface area contributed by atoms with Crippen LogP contribution in [0.3, 0.4) is 0 Å². The van der Waals surface area contributed by atoms with Crippen molar-refractivity contribution in [3.8, 4) is 0 Å². The van der Waals surface area contributed by atoms with E-state index in [1.54, 1.807) is 13.0 Å². The van der Waals surface area contributed by atoms with Gasteiger partial charge < -0.3 is 9.84 Å². The van der Waals surface area contributed by atoms with Crippen LogP contribution in [0.15, 0.2) is 52.4 Å². The second-order valence-electron chi connectivity index (χ2n) is 3.85. The molecule has 1 aromatic rings. The third-order valence-electron chi connectivity index (χ3n) is 2.62. The van der Waals surface area contributed by atoms with Crippen molar-refractivity contribution in [1.82, 2.24) is 0 Å². The average Bonchev–Trinajstić information content (AvgIpc) is 2.65. The highest BCUT2D eigenvalue weighted by atomic mass is 16.5. The molecule has 0 aromatic heterocycles. The number of nitrogens with zero attached hydrogens (tertiary/aromatic N) is 1. The Bertz CT molecular complexity index is 568. The van der Waals surface area contributed by atoms with Crippen molar-refractivity contribution in [2.45, 2.75) is 6.92 Å². The fraction of sp³-hybridized carbons (Fsp3) is 0.143. The summed E-state index contributed by atoms with van der Waals surface area (Å²) in [4.78, 5) is 15.7. The highest BCUT2D eigenvalue weighted by Gasteiger charge is 2.26. The zero-order valence-corrected chi connectivity index (χ0v) is 10.2. The van der Waals surface area contributed by atoms with Gasteiger partial charge >= 0.3 is 5.97 Å². The van der Waals surface area contributed by atoms with Gasteiger partial charge in [0.2, 0.25) is 0 Å². The Morgan fingerprint density at radius 3 is 2.61 bits per heavy atom. The average molecular weight is 243 g/mol. The van der Waals surface area contributed by atoms with Gasteiger partial charge in [0.15, 0.2) is 5.76 Å². The van der Waals surface area contributed by atoms with Crippen molar-refractivity contribution in [1.29, 1.82) is 0 Å². The summed E-state index contributed by atoms with van der Waals surface area (Å²) in [6, 6.07) is 9.46. The largest absolute Gasteiger partial charge is 0.505 e. The smallest absolute Gasteiger partial charge is 0.343 e. The first-order chi connectivity index (χ1) is 8.63. The minimum atomic E-state index is -0.579. The molecule has 0 aliphatic carbocycles. The predicted molar refractivity (Wildman–Crippen MR) is 69.2 cm³/mol. The monoisotopic (exact) mass is 243 g/mol. The quantitative estimate of drug-likeness (QED) is 0.812. The lowest BCUT2D eigenvalue weighted by Crippen LogP contribution is -2.11. The molecule has 1 heterocycles. The molecule has 1 aliphatic rings. The van der Waals surface area contributed by atoms with Gasteiger partial charge in [-0.05, 0) is 18.6 Å². The Labute approximate surface area is 105 Å². The van der Waals surface area contributed by atoms with Crippen molar-refractivity contribution in [2.24, 2.45) is 4.99 Å². The summed E-state index contributed by atoms with van der Waals surface area (Å²) in [6.07, 6.45) is 1.72. The molecule has 0 saturated carbocycles.